The highest BCUT2D eigenvalue weighted by Gasteiger charge is 2.31. The molecule has 4 nitrogen and oxygen atoms in total. The number of ether oxygens (including phenoxy) is 1. The van der Waals surface area contributed by atoms with Gasteiger partial charge < -0.3 is 9.72 Å². The number of nitrogens with zero attached hydrogens (tertiary/aromatic N) is 1. The van der Waals surface area contributed by atoms with Crippen molar-refractivity contribution < 1.29 is 17.9 Å². The zero-order chi connectivity index (χ0) is 16.5. The molecule has 1 N–H and O–H groups in total. The molecular formula is C14H8BrF3N2O2. The number of benzene rings is 1. The molecule has 2 aromatic rings. The number of pyridine rings is 1. The predicted molar refractivity (Wildman–Crippen MR) is 76.3 cm³/mol. The number of aromatic nitrogens is 1. The van der Waals surface area contributed by atoms with Crippen LogP contribution < -0.4 is 10.3 Å². The largest absolute Gasteiger partial charge is 0.573 e. The number of hydrogen-bond donors (Lipinski definition) is 1. The average Bonchev–Trinajstić information content (AvgIpc) is 2.35. The molecule has 0 atom stereocenters. The Bertz CT molecular complexity index is 822. The number of aromatic amines is 1. The van der Waals surface area contributed by atoms with Crippen molar-refractivity contribution in [3.05, 3.63) is 50.3 Å². The highest BCUT2D eigenvalue weighted by molar-refractivity contribution is 9.10. The summed E-state index contributed by atoms with van der Waals surface area (Å²) in [7, 11) is 0. The predicted octanol–water partition coefficient (Wildman–Crippen LogP) is 3.88. The molecule has 0 unspecified atom stereocenters. The molecule has 22 heavy (non-hydrogen) atoms. The number of nitriles is 1. The number of H-pyrrole nitrogens is 1. The Hall–Kier alpha value is -2.27. The molecule has 0 saturated carbocycles. The van der Waals surface area contributed by atoms with Gasteiger partial charge in [0.15, 0.2) is 0 Å². The van der Waals surface area contributed by atoms with Crippen LogP contribution in [0.2, 0.25) is 0 Å². The lowest BCUT2D eigenvalue weighted by molar-refractivity contribution is -0.274. The number of aryl methyl sites for hydroxylation is 1. The van der Waals surface area contributed by atoms with E-state index in [0.29, 0.717) is 10.2 Å². The summed E-state index contributed by atoms with van der Waals surface area (Å²) < 4.78 is 41.2. The molecule has 0 radical (unpaired) electrons. The van der Waals surface area contributed by atoms with Gasteiger partial charge in [-0.25, -0.2) is 0 Å². The maximum absolute atomic E-state index is 12.3. The maximum atomic E-state index is 12.3. The van der Waals surface area contributed by atoms with Gasteiger partial charge in [-0.2, -0.15) is 5.26 Å². The average molecular weight is 373 g/mol. The lowest BCUT2D eigenvalue weighted by atomic mass is 10.0. The summed E-state index contributed by atoms with van der Waals surface area (Å²) in [6.45, 7) is 1.61. The second kappa shape index (κ2) is 5.85. The molecule has 2 rings (SSSR count). The van der Waals surface area contributed by atoms with E-state index in [1.807, 2.05) is 0 Å². The molecule has 0 amide bonds. The summed E-state index contributed by atoms with van der Waals surface area (Å²) in [5, 5.41) is 9.08. The zero-order valence-electron chi connectivity index (χ0n) is 11.1. The number of halogens is 4. The highest BCUT2D eigenvalue weighted by atomic mass is 79.9. The van der Waals surface area contributed by atoms with E-state index in [1.54, 1.807) is 13.0 Å². The number of hydrogen-bond acceptors (Lipinski definition) is 3. The minimum Gasteiger partial charge on any atom is -0.406 e. The van der Waals surface area contributed by atoms with Crippen LogP contribution in [0.1, 0.15) is 11.3 Å². The summed E-state index contributed by atoms with van der Waals surface area (Å²) in [4.78, 5) is 14.2. The smallest absolute Gasteiger partial charge is 0.406 e. The van der Waals surface area contributed by atoms with Crippen molar-refractivity contribution in [1.82, 2.24) is 4.98 Å². The van der Waals surface area contributed by atoms with Crippen molar-refractivity contribution >= 4 is 15.9 Å². The molecule has 8 heteroatoms. The lowest BCUT2D eigenvalue weighted by Crippen LogP contribution is -2.17. The van der Waals surface area contributed by atoms with Crippen LogP contribution in [0, 0.1) is 18.3 Å². The van der Waals surface area contributed by atoms with Crippen LogP contribution in [0.25, 0.3) is 11.1 Å². The van der Waals surface area contributed by atoms with E-state index in [1.165, 1.54) is 12.1 Å². The van der Waals surface area contributed by atoms with Crippen molar-refractivity contribution in [2.45, 2.75) is 13.3 Å². The van der Waals surface area contributed by atoms with Gasteiger partial charge in [0, 0.05) is 15.7 Å². The minimum absolute atomic E-state index is 0.179. The number of alkyl halides is 3. The Morgan fingerprint density at radius 2 is 1.95 bits per heavy atom. The monoisotopic (exact) mass is 372 g/mol. The first-order chi connectivity index (χ1) is 10.2. The van der Waals surface area contributed by atoms with Gasteiger partial charge in [-0.05, 0) is 36.8 Å². The van der Waals surface area contributed by atoms with E-state index in [9.17, 15) is 18.0 Å². The van der Waals surface area contributed by atoms with Gasteiger partial charge >= 0.3 is 6.36 Å². The van der Waals surface area contributed by atoms with E-state index in [4.69, 9.17) is 5.26 Å². The van der Waals surface area contributed by atoms with Crippen LogP contribution in [0.4, 0.5) is 13.2 Å². The summed E-state index contributed by atoms with van der Waals surface area (Å²) in [6.07, 6.45) is -4.83. The summed E-state index contributed by atoms with van der Waals surface area (Å²) in [5.74, 6) is -0.446. The zero-order valence-corrected chi connectivity index (χ0v) is 12.7. The third kappa shape index (κ3) is 3.68. The van der Waals surface area contributed by atoms with Crippen molar-refractivity contribution in [1.29, 1.82) is 5.26 Å². The van der Waals surface area contributed by atoms with Crippen molar-refractivity contribution in [2.75, 3.05) is 0 Å². The number of rotatable bonds is 2. The number of nitrogens with one attached hydrogen (secondary N) is 1. The second-order valence-corrected chi connectivity index (χ2v) is 5.32. The quantitative estimate of drug-likeness (QED) is 0.869. The minimum atomic E-state index is -4.83. The van der Waals surface area contributed by atoms with Gasteiger partial charge in [-0.15, -0.1) is 13.2 Å². The van der Waals surface area contributed by atoms with Gasteiger partial charge in [0.05, 0.1) is 0 Å². The van der Waals surface area contributed by atoms with Gasteiger partial charge in [-0.3, -0.25) is 4.79 Å². The molecule has 114 valence electrons. The highest BCUT2D eigenvalue weighted by Crippen LogP contribution is 2.32. The van der Waals surface area contributed by atoms with E-state index in [-0.39, 0.29) is 16.7 Å². The molecule has 0 saturated heterocycles. The first kappa shape index (κ1) is 16.1. The molecule has 0 aliphatic rings. The molecule has 1 heterocycles. The summed E-state index contributed by atoms with van der Waals surface area (Å²) >= 11 is 3.09. The fourth-order valence-electron chi connectivity index (χ4n) is 1.94. The Balaban J connectivity index is 2.64. The normalized spacial score (nSPS) is 11.1. The standard InChI is InChI=1S/C14H8BrF3N2O2/c1-7-2-11(12(6-19)13(21)20-7)8-3-9(15)5-10(4-8)22-14(16,17)18/h2-5H,1H3,(H,20,21). The molecule has 0 bridgehead atoms. The van der Waals surface area contributed by atoms with Crippen LogP contribution in [0.5, 0.6) is 5.75 Å². The first-order valence-corrected chi connectivity index (χ1v) is 6.69. The summed E-state index contributed by atoms with van der Waals surface area (Å²) in [5.41, 5.74) is 0.200. The van der Waals surface area contributed by atoms with Gasteiger partial charge in [-0.1, -0.05) is 15.9 Å². The van der Waals surface area contributed by atoms with Gasteiger partial charge in [0.1, 0.15) is 17.4 Å². The van der Waals surface area contributed by atoms with E-state index < -0.39 is 17.7 Å². The van der Waals surface area contributed by atoms with Crippen molar-refractivity contribution in [3.63, 3.8) is 0 Å². The molecule has 0 spiro atoms. The molecular weight excluding hydrogens is 365 g/mol. The SMILES string of the molecule is Cc1cc(-c2cc(Br)cc(OC(F)(F)F)c2)c(C#N)c(=O)[nH]1. The molecule has 0 fully saturated rings. The Kier molecular flexibility index (Phi) is 4.28. The second-order valence-electron chi connectivity index (χ2n) is 4.41. The fourth-order valence-corrected chi connectivity index (χ4v) is 2.41. The third-order valence-electron chi connectivity index (χ3n) is 2.70. The van der Waals surface area contributed by atoms with Crippen molar-refractivity contribution in [3.8, 4) is 22.9 Å². The van der Waals surface area contributed by atoms with Crippen LogP contribution >= 0.6 is 15.9 Å². The molecule has 1 aromatic heterocycles. The maximum Gasteiger partial charge on any atom is 0.573 e. The van der Waals surface area contributed by atoms with Crippen molar-refractivity contribution in [2.24, 2.45) is 0 Å². The Morgan fingerprint density at radius 3 is 2.55 bits per heavy atom. The van der Waals surface area contributed by atoms with Gasteiger partial charge in [0.25, 0.3) is 5.56 Å². The first-order valence-electron chi connectivity index (χ1n) is 5.90. The third-order valence-corrected chi connectivity index (χ3v) is 3.15. The topological polar surface area (TPSA) is 65.9 Å². The Labute approximate surface area is 131 Å². The van der Waals surface area contributed by atoms with Crippen LogP contribution in [0.3, 0.4) is 0 Å². The Morgan fingerprint density at radius 1 is 1.27 bits per heavy atom. The van der Waals surface area contributed by atoms with Crippen LogP contribution in [-0.2, 0) is 0 Å². The fraction of sp³-hybridized carbons (Fsp3) is 0.143. The van der Waals surface area contributed by atoms with Crippen LogP contribution in [-0.4, -0.2) is 11.3 Å². The lowest BCUT2D eigenvalue weighted by Gasteiger charge is -2.12. The van der Waals surface area contributed by atoms with E-state index in [2.05, 4.69) is 25.7 Å². The van der Waals surface area contributed by atoms with Crippen LogP contribution in [0.15, 0.2) is 33.5 Å². The molecule has 0 aliphatic heterocycles. The van der Waals surface area contributed by atoms with E-state index >= 15 is 0 Å². The molecule has 0 aliphatic carbocycles. The summed E-state index contributed by atoms with van der Waals surface area (Å²) in [6, 6.07) is 7.03. The van der Waals surface area contributed by atoms with E-state index in [0.717, 1.165) is 12.1 Å². The molecule has 1 aromatic carbocycles. The van der Waals surface area contributed by atoms with Gasteiger partial charge in [0.2, 0.25) is 0 Å².